The standard InChI is InChI=1S/C25H32N4O3/c1-27(18-20-9-11-23(12-10-20)28-14-16-32-17-15-28)24(30)21-6-5-13-29(19-21)25(31)26-22-7-3-2-4-8-22/h2-4,7-12,21H,5-6,13-19H2,1H3,(H,26,31)/t21-/m0/s1. The van der Waals surface area contributed by atoms with Crippen LogP contribution in [0.4, 0.5) is 16.2 Å². The topological polar surface area (TPSA) is 65.1 Å². The fourth-order valence-electron chi connectivity index (χ4n) is 4.38. The molecule has 0 radical (unpaired) electrons. The SMILES string of the molecule is CN(Cc1ccc(N2CCOCC2)cc1)C(=O)[C@H]1CCCN(C(=O)Nc2ccccc2)C1. The minimum absolute atomic E-state index is 0.0967. The molecule has 1 N–H and O–H groups in total. The molecule has 4 rings (SSSR count). The highest BCUT2D eigenvalue weighted by molar-refractivity contribution is 5.90. The van der Waals surface area contributed by atoms with Gasteiger partial charge in [-0.1, -0.05) is 30.3 Å². The predicted octanol–water partition coefficient (Wildman–Crippen LogP) is 3.43. The van der Waals surface area contributed by atoms with E-state index in [4.69, 9.17) is 4.74 Å². The van der Waals surface area contributed by atoms with E-state index in [-0.39, 0.29) is 17.9 Å². The summed E-state index contributed by atoms with van der Waals surface area (Å²) >= 11 is 0. The Labute approximate surface area is 189 Å². The van der Waals surface area contributed by atoms with Gasteiger partial charge >= 0.3 is 6.03 Å². The molecule has 2 heterocycles. The quantitative estimate of drug-likeness (QED) is 0.780. The van der Waals surface area contributed by atoms with Crippen LogP contribution in [0.1, 0.15) is 18.4 Å². The lowest BCUT2D eigenvalue weighted by Crippen LogP contribution is -2.47. The highest BCUT2D eigenvalue weighted by Crippen LogP contribution is 2.22. The summed E-state index contributed by atoms with van der Waals surface area (Å²) in [5.74, 6) is -0.0673. The highest BCUT2D eigenvalue weighted by Gasteiger charge is 2.30. The van der Waals surface area contributed by atoms with Crippen molar-refractivity contribution in [2.75, 3.05) is 56.7 Å². The lowest BCUT2D eigenvalue weighted by atomic mass is 9.96. The van der Waals surface area contributed by atoms with Crippen molar-refractivity contribution < 1.29 is 14.3 Å². The summed E-state index contributed by atoms with van der Waals surface area (Å²) in [5, 5.41) is 2.92. The number of anilines is 2. The van der Waals surface area contributed by atoms with Crippen LogP contribution < -0.4 is 10.2 Å². The molecule has 2 aliphatic heterocycles. The smallest absolute Gasteiger partial charge is 0.321 e. The van der Waals surface area contributed by atoms with Gasteiger partial charge in [-0.2, -0.15) is 0 Å². The Balaban J connectivity index is 1.30. The highest BCUT2D eigenvalue weighted by atomic mass is 16.5. The number of benzene rings is 2. The molecule has 2 aromatic rings. The van der Waals surface area contributed by atoms with Crippen molar-refractivity contribution in [3.05, 3.63) is 60.2 Å². The van der Waals surface area contributed by atoms with Crippen LogP contribution in [0.2, 0.25) is 0 Å². The van der Waals surface area contributed by atoms with Gasteiger partial charge in [-0.3, -0.25) is 4.79 Å². The zero-order chi connectivity index (χ0) is 22.3. The first kappa shape index (κ1) is 22.1. The number of nitrogens with one attached hydrogen (secondary N) is 1. The monoisotopic (exact) mass is 436 g/mol. The van der Waals surface area contributed by atoms with Crippen LogP contribution in [0.15, 0.2) is 54.6 Å². The molecule has 0 aliphatic carbocycles. The molecule has 0 bridgehead atoms. The number of rotatable bonds is 5. The van der Waals surface area contributed by atoms with Gasteiger partial charge in [0.05, 0.1) is 19.1 Å². The number of para-hydroxylation sites is 1. The molecular weight excluding hydrogens is 404 g/mol. The van der Waals surface area contributed by atoms with E-state index in [1.165, 1.54) is 5.69 Å². The first-order valence-corrected chi connectivity index (χ1v) is 11.4. The lowest BCUT2D eigenvalue weighted by molar-refractivity contribution is -0.136. The Morgan fingerprint density at radius 3 is 2.47 bits per heavy atom. The van der Waals surface area contributed by atoms with Gasteiger partial charge in [-0.25, -0.2) is 4.79 Å². The number of urea groups is 1. The van der Waals surface area contributed by atoms with Crippen LogP contribution in [0.5, 0.6) is 0 Å². The van der Waals surface area contributed by atoms with Crippen LogP contribution in [-0.2, 0) is 16.1 Å². The number of amides is 3. The number of carbonyl (C=O) groups is 2. The number of carbonyl (C=O) groups excluding carboxylic acids is 2. The second kappa shape index (κ2) is 10.5. The third-order valence-electron chi connectivity index (χ3n) is 6.19. The van der Waals surface area contributed by atoms with Gasteiger partial charge in [0.2, 0.25) is 5.91 Å². The molecule has 7 nitrogen and oxygen atoms in total. The molecule has 0 unspecified atom stereocenters. The maximum absolute atomic E-state index is 13.1. The molecule has 0 aromatic heterocycles. The summed E-state index contributed by atoms with van der Waals surface area (Å²) in [6.45, 7) is 5.05. The van der Waals surface area contributed by atoms with E-state index in [2.05, 4.69) is 34.5 Å². The predicted molar refractivity (Wildman–Crippen MR) is 126 cm³/mol. The second-order valence-corrected chi connectivity index (χ2v) is 8.54. The average Bonchev–Trinajstić information content (AvgIpc) is 2.85. The molecule has 3 amide bonds. The zero-order valence-corrected chi connectivity index (χ0v) is 18.7. The Kier molecular flexibility index (Phi) is 7.27. The maximum Gasteiger partial charge on any atom is 0.321 e. The molecule has 32 heavy (non-hydrogen) atoms. The minimum atomic E-state index is -0.164. The first-order chi connectivity index (χ1) is 15.6. The molecule has 170 valence electrons. The third-order valence-corrected chi connectivity index (χ3v) is 6.19. The molecule has 2 aromatic carbocycles. The van der Waals surface area contributed by atoms with Gasteiger partial charge < -0.3 is 24.8 Å². The molecule has 0 saturated carbocycles. The summed E-state index contributed by atoms with van der Waals surface area (Å²) < 4.78 is 5.42. The zero-order valence-electron chi connectivity index (χ0n) is 18.7. The summed E-state index contributed by atoms with van der Waals surface area (Å²) in [7, 11) is 1.85. The number of hydrogen-bond acceptors (Lipinski definition) is 4. The molecule has 7 heteroatoms. The molecule has 0 spiro atoms. The first-order valence-electron chi connectivity index (χ1n) is 11.4. The van der Waals surface area contributed by atoms with Crippen LogP contribution in [0.3, 0.4) is 0 Å². The number of likely N-dealkylation sites (tertiary alicyclic amines) is 1. The number of nitrogens with zero attached hydrogens (tertiary/aromatic N) is 3. The van der Waals surface area contributed by atoms with E-state index in [9.17, 15) is 9.59 Å². The summed E-state index contributed by atoms with van der Waals surface area (Å²) in [6.07, 6.45) is 1.65. The fraction of sp³-hybridized carbons (Fsp3) is 0.440. The number of piperidine rings is 1. The van der Waals surface area contributed by atoms with Crippen LogP contribution in [-0.4, -0.2) is 68.2 Å². The Morgan fingerprint density at radius 2 is 1.75 bits per heavy atom. The van der Waals surface area contributed by atoms with Gasteiger partial charge in [0, 0.05) is 51.1 Å². The van der Waals surface area contributed by atoms with Crippen molar-refractivity contribution in [3.8, 4) is 0 Å². The van der Waals surface area contributed by atoms with Crippen molar-refractivity contribution in [1.82, 2.24) is 9.80 Å². The van der Waals surface area contributed by atoms with Crippen molar-refractivity contribution in [2.45, 2.75) is 19.4 Å². The largest absolute Gasteiger partial charge is 0.378 e. The molecule has 2 aliphatic rings. The van der Waals surface area contributed by atoms with Gasteiger partial charge in [0.25, 0.3) is 0 Å². The van der Waals surface area contributed by atoms with Crippen molar-refractivity contribution in [3.63, 3.8) is 0 Å². The molecule has 1 atom stereocenters. The van der Waals surface area contributed by atoms with E-state index in [0.717, 1.165) is 50.4 Å². The van der Waals surface area contributed by atoms with E-state index in [1.54, 1.807) is 9.80 Å². The van der Waals surface area contributed by atoms with Gasteiger partial charge in [0.15, 0.2) is 0 Å². The summed E-state index contributed by atoms with van der Waals surface area (Å²) in [5.41, 5.74) is 3.06. The average molecular weight is 437 g/mol. The van der Waals surface area contributed by atoms with Crippen LogP contribution in [0, 0.1) is 5.92 Å². The second-order valence-electron chi connectivity index (χ2n) is 8.54. The molecule has 2 saturated heterocycles. The van der Waals surface area contributed by atoms with E-state index >= 15 is 0 Å². The third kappa shape index (κ3) is 5.59. The van der Waals surface area contributed by atoms with E-state index in [1.807, 2.05) is 37.4 Å². The normalized spacial score (nSPS) is 18.8. The Morgan fingerprint density at radius 1 is 1.03 bits per heavy atom. The fourth-order valence-corrected chi connectivity index (χ4v) is 4.38. The van der Waals surface area contributed by atoms with E-state index in [0.29, 0.717) is 19.6 Å². The number of hydrogen-bond donors (Lipinski definition) is 1. The van der Waals surface area contributed by atoms with Gasteiger partial charge in [-0.05, 0) is 42.7 Å². The maximum atomic E-state index is 13.1. The van der Waals surface area contributed by atoms with Crippen molar-refractivity contribution in [1.29, 1.82) is 0 Å². The van der Waals surface area contributed by atoms with Gasteiger partial charge in [-0.15, -0.1) is 0 Å². The van der Waals surface area contributed by atoms with Crippen LogP contribution in [0.25, 0.3) is 0 Å². The summed E-state index contributed by atoms with van der Waals surface area (Å²) in [6, 6.07) is 17.7. The minimum Gasteiger partial charge on any atom is -0.378 e. The van der Waals surface area contributed by atoms with Crippen molar-refractivity contribution >= 4 is 23.3 Å². The van der Waals surface area contributed by atoms with E-state index < -0.39 is 0 Å². The Bertz CT molecular complexity index is 897. The number of morpholine rings is 1. The molecular formula is C25H32N4O3. The summed E-state index contributed by atoms with van der Waals surface area (Å²) in [4.78, 5) is 31.6. The lowest BCUT2D eigenvalue weighted by Gasteiger charge is -2.34. The van der Waals surface area contributed by atoms with Gasteiger partial charge in [0.1, 0.15) is 0 Å². The molecule has 2 fully saturated rings. The van der Waals surface area contributed by atoms with Crippen LogP contribution >= 0.6 is 0 Å². The van der Waals surface area contributed by atoms with Crippen molar-refractivity contribution in [2.24, 2.45) is 5.92 Å². The number of ether oxygens (including phenoxy) is 1. The Hall–Kier alpha value is -3.06.